The van der Waals surface area contributed by atoms with Gasteiger partial charge in [-0.15, -0.1) is 0 Å². The van der Waals surface area contributed by atoms with Crippen molar-refractivity contribution in [1.82, 2.24) is 4.90 Å². The molecular formula is C21H37NO8Si. The lowest BCUT2D eigenvalue weighted by molar-refractivity contribution is -0.282. The van der Waals surface area contributed by atoms with Gasteiger partial charge in [0.1, 0.15) is 30.5 Å². The third-order valence-electron chi connectivity index (χ3n) is 6.15. The fourth-order valence-electron chi connectivity index (χ4n) is 3.65. The van der Waals surface area contributed by atoms with Crippen molar-refractivity contribution in [1.29, 1.82) is 0 Å². The summed E-state index contributed by atoms with van der Waals surface area (Å²) in [5, 5.41) is -0.108. The van der Waals surface area contributed by atoms with Gasteiger partial charge in [-0.05, 0) is 52.8 Å². The van der Waals surface area contributed by atoms with E-state index >= 15 is 0 Å². The second-order valence-corrected chi connectivity index (χ2v) is 16.3. The standard InChI is InChI=1S/C21H37NO8Si/c1-18(2,3)28-16(23)22-12-21(29-17(22)24)15(30-31(9,10)19(4,5)6)14-13(11-25-21)26-20(7,8)27-14/h13-15H,11-12H2,1-10H3/t13-,14-,15+,21+/m1/s1. The van der Waals surface area contributed by atoms with Crippen LogP contribution in [-0.2, 0) is 28.1 Å². The van der Waals surface area contributed by atoms with Gasteiger partial charge in [0, 0.05) is 0 Å². The molecule has 3 aliphatic heterocycles. The molecule has 0 bridgehead atoms. The molecule has 2 amide bonds. The molecule has 0 aliphatic carbocycles. The van der Waals surface area contributed by atoms with Crippen LogP contribution in [0.2, 0.25) is 18.1 Å². The van der Waals surface area contributed by atoms with Crippen LogP contribution in [0, 0.1) is 0 Å². The Kier molecular flexibility index (Phi) is 5.84. The molecule has 3 rings (SSSR count). The molecule has 1 spiro atoms. The van der Waals surface area contributed by atoms with E-state index in [4.69, 9.17) is 28.1 Å². The number of rotatable bonds is 2. The van der Waals surface area contributed by atoms with Crippen LogP contribution in [0.25, 0.3) is 0 Å². The lowest BCUT2D eigenvalue weighted by atomic mass is 9.97. The maximum Gasteiger partial charge on any atom is 0.422 e. The minimum Gasteiger partial charge on any atom is -0.443 e. The summed E-state index contributed by atoms with van der Waals surface area (Å²) < 4.78 is 36.1. The number of hydrogen-bond donors (Lipinski definition) is 0. The molecule has 3 aliphatic rings. The van der Waals surface area contributed by atoms with Gasteiger partial charge in [-0.2, -0.15) is 0 Å². The van der Waals surface area contributed by atoms with Gasteiger partial charge in [0.05, 0.1) is 6.61 Å². The van der Waals surface area contributed by atoms with Gasteiger partial charge in [-0.1, -0.05) is 20.8 Å². The zero-order valence-corrected chi connectivity index (χ0v) is 21.4. The summed E-state index contributed by atoms with van der Waals surface area (Å²) in [5.74, 6) is -2.32. The van der Waals surface area contributed by atoms with Gasteiger partial charge in [0.2, 0.25) is 0 Å². The molecule has 4 atom stereocenters. The molecule has 0 aromatic heterocycles. The number of nitrogens with zero attached hydrogens (tertiary/aromatic N) is 1. The van der Waals surface area contributed by atoms with Crippen LogP contribution < -0.4 is 0 Å². The van der Waals surface area contributed by atoms with E-state index in [1.807, 2.05) is 13.8 Å². The fourth-order valence-corrected chi connectivity index (χ4v) is 4.96. The molecule has 3 saturated heterocycles. The molecular weight excluding hydrogens is 422 g/mol. The highest BCUT2D eigenvalue weighted by Gasteiger charge is 2.66. The molecule has 31 heavy (non-hydrogen) atoms. The van der Waals surface area contributed by atoms with Crippen LogP contribution in [-0.4, -0.2) is 74.0 Å². The molecule has 0 aromatic carbocycles. The predicted octanol–water partition coefficient (Wildman–Crippen LogP) is 4.01. The second-order valence-electron chi connectivity index (χ2n) is 11.5. The van der Waals surface area contributed by atoms with Gasteiger partial charge >= 0.3 is 12.2 Å². The zero-order chi connectivity index (χ0) is 23.6. The highest BCUT2D eigenvalue weighted by atomic mass is 28.4. The first-order valence-electron chi connectivity index (χ1n) is 10.8. The average Bonchev–Trinajstić information content (AvgIpc) is 3.04. The quantitative estimate of drug-likeness (QED) is 0.572. The zero-order valence-electron chi connectivity index (χ0n) is 20.4. The molecule has 0 N–H and O–H groups in total. The van der Waals surface area contributed by atoms with Crippen molar-refractivity contribution >= 4 is 20.5 Å². The largest absolute Gasteiger partial charge is 0.443 e. The highest BCUT2D eigenvalue weighted by molar-refractivity contribution is 6.74. The van der Waals surface area contributed by atoms with Gasteiger partial charge in [0.15, 0.2) is 14.1 Å². The number of carbonyl (C=O) groups is 2. The molecule has 10 heteroatoms. The van der Waals surface area contributed by atoms with Crippen LogP contribution in [0.15, 0.2) is 0 Å². The first-order chi connectivity index (χ1) is 13.9. The predicted molar refractivity (Wildman–Crippen MR) is 114 cm³/mol. The summed E-state index contributed by atoms with van der Waals surface area (Å²) in [5.41, 5.74) is -0.755. The lowest BCUT2D eigenvalue weighted by Crippen LogP contribution is -2.66. The van der Waals surface area contributed by atoms with E-state index < -0.39 is 49.9 Å². The van der Waals surface area contributed by atoms with E-state index in [0.717, 1.165) is 4.90 Å². The summed E-state index contributed by atoms with van der Waals surface area (Å²) in [6.45, 7) is 19.4. The van der Waals surface area contributed by atoms with E-state index in [-0.39, 0.29) is 24.3 Å². The fraction of sp³-hybridized carbons (Fsp3) is 0.905. The normalized spacial score (nSPS) is 33.4. The monoisotopic (exact) mass is 459 g/mol. The van der Waals surface area contributed by atoms with E-state index in [1.165, 1.54) is 0 Å². The van der Waals surface area contributed by atoms with Crippen molar-refractivity contribution in [3.05, 3.63) is 0 Å². The molecule has 0 aromatic rings. The molecule has 0 radical (unpaired) electrons. The number of carbonyl (C=O) groups excluding carboxylic acids is 2. The van der Waals surface area contributed by atoms with Crippen molar-refractivity contribution in [2.45, 2.75) is 109 Å². The summed E-state index contributed by atoms with van der Waals surface area (Å²) >= 11 is 0. The number of hydrogen-bond acceptors (Lipinski definition) is 8. The Balaban J connectivity index is 1.94. The third-order valence-corrected chi connectivity index (χ3v) is 10.6. The maximum absolute atomic E-state index is 12.7. The SMILES string of the molecule is CC(C)(C)OC(=O)N1C[C@]2(OC[C@H]3OC(C)(C)O[C@H]3[C@@H]2O[Si](C)(C)C(C)(C)C)OC1=O. The Morgan fingerprint density at radius 2 is 1.74 bits per heavy atom. The molecule has 9 nitrogen and oxygen atoms in total. The van der Waals surface area contributed by atoms with Crippen LogP contribution >= 0.6 is 0 Å². The Morgan fingerprint density at radius 1 is 1.13 bits per heavy atom. The maximum atomic E-state index is 12.7. The second kappa shape index (κ2) is 7.41. The van der Waals surface area contributed by atoms with Crippen molar-refractivity contribution in [2.75, 3.05) is 13.2 Å². The molecule has 3 fully saturated rings. The number of imide groups is 1. The molecule has 0 saturated carbocycles. The van der Waals surface area contributed by atoms with Crippen molar-refractivity contribution < 1.29 is 37.7 Å². The lowest BCUT2D eigenvalue weighted by Gasteiger charge is -2.48. The van der Waals surface area contributed by atoms with E-state index in [0.29, 0.717) is 0 Å². The topological polar surface area (TPSA) is 92.8 Å². The number of amides is 2. The van der Waals surface area contributed by atoms with Gasteiger partial charge < -0.3 is 28.1 Å². The smallest absolute Gasteiger partial charge is 0.422 e. The average molecular weight is 460 g/mol. The summed E-state index contributed by atoms with van der Waals surface area (Å²) in [6.07, 6.45) is -3.25. The summed E-state index contributed by atoms with van der Waals surface area (Å²) in [7, 11) is -2.34. The van der Waals surface area contributed by atoms with Crippen LogP contribution in [0.1, 0.15) is 55.4 Å². The van der Waals surface area contributed by atoms with Crippen molar-refractivity contribution in [3.63, 3.8) is 0 Å². The van der Waals surface area contributed by atoms with Gasteiger partial charge in [-0.3, -0.25) is 0 Å². The number of fused-ring (bicyclic) bond motifs is 1. The van der Waals surface area contributed by atoms with Crippen molar-refractivity contribution in [2.24, 2.45) is 0 Å². The van der Waals surface area contributed by atoms with E-state index in [9.17, 15) is 9.59 Å². The van der Waals surface area contributed by atoms with Crippen LogP contribution in [0.4, 0.5) is 9.59 Å². The third kappa shape index (κ3) is 4.78. The van der Waals surface area contributed by atoms with E-state index in [2.05, 4.69) is 33.9 Å². The Labute approximate surface area is 185 Å². The molecule has 178 valence electrons. The summed E-state index contributed by atoms with van der Waals surface area (Å²) in [6, 6.07) is 0. The van der Waals surface area contributed by atoms with E-state index in [1.54, 1.807) is 20.8 Å². The molecule has 3 heterocycles. The summed E-state index contributed by atoms with van der Waals surface area (Å²) in [4.78, 5) is 26.3. The minimum absolute atomic E-state index is 0.108. The Morgan fingerprint density at radius 3 is 2.29 bits per heavy atom. The van der Waals surface area contributed by atoms with Crippen LogP contribution in [0.3, 0.4) is 0 Å². The molecule has 0 unspecified atom stereocenters. The highest BCUT2D eigenvalue weighted by Crippen LogP contribution is 2.47. The van der Waals surface area contributed by atoms with Crippen molar-refractivity contribution in [3.8, 4) is 0 Å². The first kappa shape index (κ1) is 24.4. The Bertz CT molecular complexity index is 741. The van der Waals surface area contributed by atoms with Gasteiger partial charge in [-0.25, -0.2) is 14.5 Å². The first-order valence-corrected chi connectivity index (χ1v) is 13.7. The Hall–Kier alpha value is -1.20. The minimum atomic E-state index is -2.34. The number of ether oxygens (including phenoxy) is 5. The van der Waals surface area contributed by atoms with Gasteiger partial charge in [0.25, 0.3) is 5.79 Å². The van der Waals surface area contributed by atoms with Crippen LogP contribution in [0.5, 0.6) is 0 Å².